The summed E-state index contributed by atoms with van der Waals surface area (Å²) in [6, 6.07) is 24.1. The number of para-hydroxylation sites is 1. The molecule has 0 saturated carbocycles. The summed E-state index contributed by atoms with van der Waals surface area (Å²) in [5.41, 5.74) is 2.90. The molecule has 3 aromatic rings. The van der Waals surface area contributed by atoms with Gasteiger partial charge in [-0.1, -0.05) is 66.2 Å². The van der Waals surface area contributed by atoms with Crippen molar-refractivity contribution in [3.05, 3.63) is 101 Å². The monoisotopic (exact) mass is 421 g/mol. The Morgan fingerprint density at radius 1 is 0.933 bits per heavy atom. The highest BCUT2D eigenvalue weighted by atomic mass is 35.5. The van der Waals surface area contributed by atoms with Crippen LogP contribution < -0.4 is 16.0 Å². The van der Waals surface area contributed by atoms with Crippen molar-refractivity contribution in [1.29, 1.82) is 0 Å². The number of carbonyl (C=O) groups excluding carboxylic acids is 2. The summed E-state index contributed by atoms with van der Waals surface area (Å²) in [4.78, 5) is 25.1. The van der Waals surface area contributed by atoms with E-state index in [1.165, 1.54) is 0 Å². The molecule has 0 aliphatic heterocycles. The molecule has 30 heavy (non-hydrogen) atoms. The van der Waals surface area contributed by atoms with E-state index in [2.05, 4.69) is 16.0 Å². The highest BCUT2D eigenvalue weighted by molar-refractivity contribution is 6.30. The maximum atomic E-state index is 12.6. The summed E-state index contributed by atoms with van der Waals surface area (Å²) < 4.78 is 0. The smallest absolute Gasteiger partial charge is 0.253 e. The van der Waals surface area contributed by atoms with Gasteiger partial charge in [-0.05, 0) is 42.3 Å². The highest BCUT2D eigenvalue weighted by Crippen LogP contribution is 2.18. The molecule has 0 saturated heterocycles. The van der Waals surface area contributed by atoms with Crippen molar-refractivity contribution < 1.29 is 9.59 Å². The van der Waals surface area contributed by atoms with E-state index < -0.39 is 0 Å². The summed E-state index contributed by atoms with van der Waals surface area (Å²) in [6.07, 6.45) is 0. The number of amides is 2. The molecule has 0 fully saturated rings. The minimum atomic E-state index is -0.241. The number of hydrogen-bond acceptors (Lipinski definition) is 3. The Balaban J connectivity index is 1.57. The van der Waals surface area contributed by atoms with Crippen molar-refractivity contribution in [1.82, 2.24) is 10.6 Å². The normalized spacial score (nSPS) is 11.5. The lowest BCUT2D eigenvalue weighted by atomic mass is 10.1. The molecule has 0 radical (unpaired) electrons. The van der Waals surface area contributed by atoms with E-state index in [4.69, 9.17) is 11.6 Å². The summed E-state index contributed by atoms with van der Waals surface area (Å²) in [5, 5.41) is 9.53. The first kappa shape index (κ1) is 21.6. The zero-order valence-electron chi connectivity index (χ0n) is 16.7. The third-order valence-corrected chi connectivity index (χ3v) is 4.89. The van der Waals surface area contributed by atoms with E-state index in [1.54, 1.807) is 24.3 Å². The largest absolute Gasteiger partial charge is 0.348 e. The zero-order valence-corrected chi connectivity index (χ0v) is 17.4. The van der Waals surface area contributed by atoms with Crippen molar-refractivity contribution in [3.63, 3.8) is 0 Å². The van der Waals surface area contributed by atoms with E-state index in [0.717, 1.165) is 11.1 Å². The Morgan fingerprint density at radius 3 is 2.43 bits per heavy atom. The van der Waals surface area contributed by atoms with Crippen LogP contribution in [0.25, 0.3) is 0 Å². The molecule has 0 heterocycles. The number of rotatable bonds is 8. The maximum Gasteiger partial charge on any atom is 0.253 e. The summed E-state index contributed by atoms with van der Waals surface area (Å²) in [7, 11) is 0. The Hall–Kier alpha value is -3.15. The summed E-state index contributed by atoms with van der Waals surface area (Å²) in [6.45, 7) is 2.48. The lowest BCUT2D eigenvalue weighted by Crippen LogP contribution is -2.31. The molecule has 3 rings (SSSR count). The predicted octanol–water partition coefficient (Wildman–Crippen LogP) is 4.56. The van der Waals surface area contributed by atoms with Gasteiger partial charge in [-0.2, -0.15) is 0 Å². The third-order valence-electron chi connectivity index (χ3n) is 4.66. The number of anilines is 1. The van der Waals surface area contributed by atoms with Gasteiger partial charge in [-0.15, -0.1) is 0 Å². The molecule has 154 valence electrons. The van der Waals surface area contributed by atoms with E-state index in [-0.39, 0.29) is 24.4 Å². The molecule has 0 unspecified atom stereocenters. The van der Waals surface area contributed by atoms with Crippen molar-refractivity contribution >= 4 is 29.1 Å². The van der Waals surface area contributed by atoms with Crippen LogP contribution in [0.5, 0.6) is 0 Å². The molecular weight excluding hydrogens is 398 g/mol. The van der Waals surface area contributed by atoms with Crippen LogP contribution in [-0.4, -0.2) is 18.4 Å². The summed E-state index contributed by atoms with van der Waals surface area (Å²) in [5.74, 6) is -0.470. The summed E-state index contributed by atoms with van der Waals surface area (Å²) >= 11 is 6.03. The fourth-order valence-corrected chi connectivity index (χ4v) is 3.20. The van der Waals surface area contributed by atoms with Gasteiger partial charge in [0.1, 0.15) is 0 Å². The molecule has 0 spiro atoms. The standard InChI is InChI=1S/C24H24ClN3O2/c1-17(19-10-7-11-20(25)14-19)26-16-23(29)28-22-13-6-5-12-21(22)24(30)27-15-18-8-3-2-4-9-18/h2-14,17,26H,15-16H2,1H3,(H,27,30)(H,28,29)/t17-/m0/s1. The van der Waals surface area contributed by atoms with Crippen LogP contribution in [-0.2, 0) is 11.3 Å². The van der Waals surface area contributed by atoms with Gasteiger partial charge in [0.15, 0.2) is 0 Å². The Morgan fingerprint density at radius 2 is 1.67 bits per heavy atom. The van der Waals surface area contributed by atoms with Crippen molar-refractivity contribution in [3.8, 4) is 0 Å². The molecular formula is C24H24ClN3O2. The molecule has 6 heteroatoms. The average molecular weight is 422 g/mol. The van der Waals surface area contributed by atoms with Gasteiger partial charge in [-0.3, -0.25) is 9.59 Å². The quantitative estimate of drug-likeness (QED) is 0.499. The first-order chi connectivity index (χ1) is 14.5. The van der Waals surface area contributed by atoms with E-state index in [1.807, 2.05) is 61.5 Å². The van der Waals surface area contributed by atoms with Crippen LogP contribution >= 0.6 is 11.6 Å². The highest BCUT2D eigenvalue weighted by Gasteiger charge is 2.14. The Bertz CT molecular complexity index is 1010. The minimum absolute atomic E-state index is 0.0427. The average Bonchev–Trinajstić information content (AvgIpc) is 2.77. The van der Waals surface area contributed by atoms with Gasteiger partial charge in [0, 0.05) is 17.6 Å². The molecule has 0 aliphatic rings. The van der Waals surface area contributed by atoms with Crippen LogP contribution in [0.3, 0.4) is 0 Å². The van der Waals surface area contributed by atoms with Gasteiger partial charge in [0.05, 0.1) is 17.8 Å². The van der Waals surface area contributed by atoms with Crippen molar-refractivity contribution in [2.75, 3.05) is 11.9 Å². The topological polar surface area (TPSA) is 70.2 Å². The Kier molecular flexibility index (Phi) is 7.60. The lowest BCUT2D eigenvalue weighted by Gasteiger charge is -2.15. The van der Waals surface area contributed by atoms with E-state index in [9.17, 15) is 9.59 Å². The second-order valence-corrected chi connectivity index (χ2v) is 7.36. The number of nitrogens with one attached hydrogen (secondary N) is 3. The van der Waals surface area contributed by atoms with Gasteiger partial charge >= 0.3 is 0 Å². The van der Waals surface area contributed by atoms with Crippen LogP contribution in [0.4, 0.5) is 5.69 Å². The number of carbonyl (C=O) groups is 2. The third kappa shape index (κ3) is 6.17. The molecule has 3 N–H and O–H groups in total. The number of halogens is 1. The van der Waals surface area contributed by atoms with Gasteiger partial charge in [-0.25, -0.2) is 0 Å². The van der Waals surface area contributed by atoms with Crippen LogP contribution in [0.1, 0.15) is 34.5 Å². The van der Waals surface area contributed by atoms with Crippen molar-refractivity contribution in [2.45, 2.75) is 19.5 Å². The molecule has 3 aromatic carbocycles. The van der Waals surface area contributed by atoms with Crippen molar-refractivity contribution in [2.24, 2.45) is 0 Å². The first-order valence-corrected chi connectivity index (χ1v) is 10.1. The van der Waals surface area contributed by atoms with Gasteiger partial charge < -0.3 is 16.0 Å². The van der Waals surface area contributed by atoms with Gasteiger partial charge in [0.2, 0.25) is 5.91 Å². The number of benzene rings is 3. The zero-order chi connectivity index (χ0) is 21.3. The molecule has 0 bridgehead atoms. The predicted molar refractivity (Wildman–Crippen MR) is 121 cm³/mol. The maximum absolute atomic E-state index is 12.6. The minimum Gasteiger partial charge on any atom is -0.348 e. The Labute approximate surface area is 181 Å². The first-order valence-electron chi connectivity index (χ1n) is 9.73. The lowest BCUT2D eigenvalue weighted by molar-refractivity contribution is -0.115. The molecule has 1 atom stereocenters. The SMILES string of the molecule is C[C@H](NCC(=O)Nc1ccccc1C(=O)NCc1ccccc1)c1cccc(Cl)c1. The van der Waals surface area contributed by atoms with Gasteiger partial charge in [0.25, 0.3) is 5.91 Å². The van der Waals surface area contributed by atoms with E-state index >= 15 is 0 Å². The van der Waals surface area contributed by atoms with E-state index in [0.29, 0.717) is 22.8 Å². The number of hydrogen-bond donors (Lipinski definition) is 3. The van der Waals surface area contributed by atoms with Crippen LogP contribution in [0, 0.1) is 0 Å². The molecule has 0 aliphatic carbocycles. The fourth-order valence-electron chi connectivity index (χ4n) is 3.00. The second-order valence-electron chi connectivity index (χ2n) is 6.92. The molecule has 0 aromatic heterocycles. The molecule has 5 nitrogen and oxygen atoms in total. The van der Waals surface area contributed by atoms with Crippen LogP contribution in [0.15, 0.2) is 78.9 Å². The molecule has 2 amide bonds. The van der Waals surface area contributed by atoms with Crippen LogP contribution in [0.2, 0.25) is 5.02 Å². The second kappa shape index (κ2) is 10.6. The fraction of sp³-hybridized carbons (Fsp3) is 0.167.